The molecule has 0 saturated carbocycles. The smallest absolute Gasteiger partial charge is 0.241 e. The van der Waals surface area contributed by atoms with E-state index in [9.17, 15) is 12.8 Å². The lowest BCUT2D eigenvalue weighted by atomic mass is 10.3. The van der Waals surface area contributed by atoms with Crippen LogP contribution in [0.15, 0.2) is 23.4 Å². The molecule has 0 fully saturated rings. The normalized spacial score (nSPS) is 13.1. The van der Waals surface area contributed by atoms with Gasteiger partial charge in [0.05, 0.1) is 6.07 Å². The van der Waals surface area contributed by atoms with Crippen LogP contribution in [0.1, 0.15) is 13.3 Å². The Morgan fingerprint density at radius 2 is 2.38 bits per heavy atom. The van der Waals surface area contributed by atoms with Crippen molar-refractivity contribution in [3.8, 4) is 6.07 Å². The van der Waals surface area contributed by atoms with Crippen LogP contribution in [0.25, 0.3) is 0 Å². The highest BCUT2D eigenvalue weighted by molar-refractivity contribution is 7.89. The number of aromatic nitrogens is 1. The van der Waals surface area contributed by atoms with Crippen LogP contribution in [0.4, 0.5) is 4.39 Å². The number of hydrogen-bond acceptors (Lipinski definition) is 4. The molecular weight excluding hydrogens is 233 g/mol. The van der Waals surface area contributed by atoms with E-state index in [1.54, 1.807) is 13.0 Å². The molecule has 0 saturated heterocycles. The van der Waals surface area contributed by atoms with Gasteiger partial charge in [0.1, 0.15) is 6.04 Å². The Morgan fingerprint density at radius 3 is 2.88 bits per heavy atom. The number of halogens is 1. The van der Waals surface area contributed by atoms with Crippen molar-refractivity contribution >= 4 is 10.0 Å². The molecule has 0 spiro atoms. The van der Waals surface area contributed by atoms with Crippen molar-refractivity contribution in [2.75, 3.05) is 0 Å². The molecule has 1 atom stereocenters. The standard InChI is InChI=1S/C9H10FN3O2S/c1-2-7(6-11)13-16(14,15)9-8(10)4-3-5-12-9/h3-5,7,13H,2H2,1H3. The van der Waals surface area contributed by atoms with Crippen molar-refractivity contribution in [2.45, 2.75) is 24.4 Å². The van der Waals surface area contributed by atoms with E-state index in [0.29, 0.717) is 6.42 Å². The first-order chi connectivity index (χ1) is 7.51. The van der Waals surface area contributed by atoms with Crippen LogP contribution in [-0.4, -0.2) is 19.4 Å². The van der Waals surface area contributed by atoms with Crippen molar-refractivity contribution in [3.63, 3.8) is 0 Å². The van der Waals surface area contributed by atoms with Gasteiger partial charge in [0.2, 0.25) is 5.03 Å². The summed E-state index contributed by atoms with van der Waals surface area (Å²) >= 11 is 0. The quantitative estimate of drug-likeness (QED) is 0.847. The zero-order chi connectivity index (χ0) is 12.2. The Hall–Kier alpha value is -1.52. The lowest BCUT2D eigenvalue weighted by Crippen LogP contribution is -2.34. The van der Waals surface area contributed by atoms with E-state index < -0.39 is 26.9 Å². The van der Waals surface area contributed by atoms with Crippen molar-refractivity contribution in [1.82, 2.24) is 9.71 Å². The van der Waals surface area contributed by atoms with Crippen LogP contribution in [-0.2, 0) is 10.0 Å². The monoisotopic (exact) mass is 243 g/mol. The summed E-state index contributed by atoms with van der Waals surface area (Å²) in [5.74, 6) is -0.942. The molecule has 86 valence electrons. The first-order valence-corrected chi connectivity index (χ1v) is 6.02. The summed E-state index contributed by atoms with van der Waals surface area (Å²) in [5.41, 5.74) is 0. The average molecular weight is 243 g/mol. The zero-order valence-electron chi connectivity index (χ0n) is 8.51. The Kier molecular flexibility index (Phi) is 3.93. The molecule has 1 aromatic rings. The van der Waals surface area contributed by atoms with Crippen molar-refractivity contribution in [1.29, 1.82) is 5.26 Å². The van der Waals surface area contributed by atoms with Gasteiger partial charge in [-0.2, -0.15) is 9.98 Å². The fourth-order valence-corrected chi connectivity index (χ4v) is 2.24. The van der Waals surface area contributed by atoms with Crippen LogP contribution >= 0.6 is 0 Å². The Bertz CT molecular complexity index is 510. The van der Waals surface area contributed by atoms with E-state index in [1.165, 1.54) is 12.3 Å². The molecule has 0 aromatic carbocycles. The van der Waals surface area contributed by atoms with Gasteiger partial charge in [-0.25, -0.2) is 17.8 Å². The van der Waals surface area contributed by atoms with E-state index in [1.807, 2.05) is 0 Å². The second kappa shape index (κ2) is 5.01. The summed E-state index contributed by atoms with van der Waals surface area (Å²) in [5, 5.41) is 7.92. The highest BCUT2D eigenvalue weighted by Crippen LogP contribution is 2.10. The summed E-state index contributed by atoms with van der Waals surface area (Å²) in [6.45, 7) is 1.64. The van der Waals surface area contributed by atoms with Crippen LogP contribution < -0.4 is 4.72 Å². The maximum Gasteiger partial charge on any atom is 0.262 e. The number of sulfonamides is 1. The minimum absolute atomic E-state index is 0.296. The highest BCUT2D eigenvalue weighted by atomic mass is 32.2. The van der Waals surface area contributed by atoms with Gasteiger partial charge >= 0.3 is 0 Å². The summed E-state index contributed by atoms with van der Waals surface area (Å²) in [6, 6.07) is 3.16. The van der Waals surface area contributed by atoms with E-state index in [0.717, 1.165) is 6.07 Å². The summed E-state index contributed by atoms with van der Waals surface area (Å²) in [4.78, 5) is 3.44. The molecule has 0 aliphatic heterocycles. The topological polar surface area (TPSA) is 82.9 Å². The minimum atomic E-state index is -4.07. The van der Waals surface area contributed by atoms with Gasteiger partial charge in [-0.05, 0) is 18.6 Å². The van der Waals surface area contributed by atoms with Crippen molar-refractivity contribution in [2.24, 2.45) is 0 Å². The maximum atomic E-state index is 13.2. The van der Waals surface area contributed by atoms with Gasteiger partial charge in [0, 0.05) is 6.20 Å². The Morgan fingerprint density at radius 1 is 1.69 bits per heavy atom. The summed E-state index contributed by atoms with van der Waals surface area (Å²) < 4.78 is 38.5. The second-order valence-electron chi connectivity index (χ2n) is 3.00. The average Bonchev–Trinajstić information content (AvgIpc) is 2.26. The molecule has 1 rings (SSSR count). The Balaban J connectivity index is 3.05. The van der Waals surface area contributed by atoms with E-state index >= 15 is 0 Å². The van der Waals surface area contributed by atoms with Crippen LogP contribution in [0.3, 0.4) is 0 Å². The molecule has 16 heavy (non-hydrogen) atoms. The molecule has 0 radical (unpaired) electrons. The molecule has 1 N–H and O–H groups in total. The predicted molar refractivity (Wildman–Crippen MR) is 54.2 cm³/mol. The van der Waals surface area contributed by atoms with Gasteiger partial charge in [-0.3, -0.25) is 0 Å². The molecule has 0 bridgehead atoms. The van der Waals surface area contributed by atoms with E-state index in [2.05, 4.69) is 9.71 Å². The third-order valence-electron chi connectivity index (χ3n) is 1.84. The predicted octanol–water partition coefficient (Wildman–Crippen LogP) is 0.801. The van der Waals surface area contributed by atoms with Gasteiger partial charge in [-0.1, -0.05) is 6.92 Å². The van der Waals surface area contributed by atoms with E-state index in [-0.39, 0.29) is 0 Å². The molecule has 5 nitrogen and oxygen atoms in total. The van der Waals surface area contributed by atoms with E-state index in [4.69, 9.17) is 5.26 Å². The largest absolute Gasteiger partial charge is 0.262 e. The molecule has 1 heterocycles. The zero-order valence-corrected chi connectivity index (χ0v) is 9.33. The third-order valence-corrected chi connectivity index (χ3v) is 3.25. The second-order valence-corrected chi connectivity index (χ2v) is 4.63. The fourth-order valence-electron chi connectivity index (χ4n) is 1.01. The van der Waals surface area contributed by atoms with Crippen molar-refractivity contribution < 1.29 is 12.8 Å². The van der Waals surface area contributed by atoms with Gasteiger partial charge in [0.15, 0.2) is 5.82 Å². The maximum absolute atomic E-state index is 13.2. The lowest BCUT2D eigenvalue weighted by Gasteiger charge is -2.09. The van der Waals surface area contributed by atoms with Gasteiger partial charge in [-0.15, -0.1) is 0 Å². The molecular formula is C9H10FN3O2S. The molecule has 1 unspecified atom stereocenters. The summed E-state index contributed by atoms with van der Waals surface area (Å²) in [7, 11) is -4.07. The number of nitrogens with one attached hydrogen (secondary N) is 1. The number of rotatable bonds is 4. The number of pyridine rings is 1. The molecule has 0 aliphatic carbocycles. The van der Waals surface area contributed by atoms with Crippen molar-refractivity contribution in [3.05, 3.63) is 24.1 Å². The first-order valence-electron chi connectivity index (χ1n) is 4.53. The molecule has 7 heteroatoms. The first kappa shape index (κ1) is 12.5. The molecule has 0 amide bonds. The Labute approximate surface area is 93.0 Å². The number of hydrogen-bond donors (Lipinski definition) is 1. The van der Waals surface area contributed by atoms with Gasteiger partial charge in [0.25, 0.3) is 10.0 Å². The highest BCUT2D eigenvalue weighted by Gasteiger charge is 2.23. The third kappa shape index (κ3) is 2.74. The van der Waals surface area contributed by atoms with Crippen LogP contribution in [0.2, 0.25) is 0 Å². The SMILES string of the molecule is CCC(C#N)NS(=O)(=O)c1ncccc1F. The van der Waals surface area contributed by atoms with Crippen LogP contribution in [0, 0.1) is 17.1 Å². The fraction of sp³-hybridized carbons (Fsp3) is 0.333. The minimum Gasteiger partial charge on any atom is -0.241 e. The summed E-state index contributed by atoms with van der Waals surface area (Å²) in [6.07, 6.45) is 1.47. The number of nitriles is 1. The number of nitrogens with zero attached hydrogens (tertiary/aromatic N) is 2. The van der Waals surface area contributed by atoms with Crippen LogP contribution in [0.5, 0.6) is 0 Å². The lowest BCUT2D eigenvalue weighted by molar-refractivity contribution is 0.537. The molecule has 1 aromatic heterocycles. The molecule has 0 aliphatic rings. The van der Waals surface area contributed by atoms with Gasteiger partial charge < -0.3 is 0 Å².